The second-order valence-electron chi connectivity index (χ2n) is 1.65. The molecule has 0 unspecified atom stereocenters. The lowest BCUT2D eigenvalue weighted by molar-refractivity contribution is 0.415. The quantitative estimate of drug-likeness (QED) is 0.272. The van der Waals surface area contributed by atoms with E-state index in [1.165, 1.54) is 13.0 Å². The first kappa shape index (κ1) is 8.52. The Bertz CT molecular complexity index is 129. The van der Waals surface area contributed by atoms with Gasteiger partial charge in [-0.15, -0.1) is 0 Å². The number of nitrogens with one attached hydrogen (secondary N) is 2. The number of aliphatic hydroxyl groups is 1. The molecule has 0 aliphatic heterocycles. The van der Waals surface area contributed by atoms with Crippen LogP contribution < -0.4 is 4.72 Å². The zero-order valence-corrected chi connectivity index (χ0v) is 6.07. The normalized spacial score (nSPS) is 11.6. The highest BCUT2D eigenvalue weighted by molar-refractivity contribution is 7.78. The fourth-order valence-electron chi connectivity index (χ4n) is 0.388. The summed E-state index contributed by atoms with van der Waals surface area (Å²) < 4.78 is 2.49. The molecule has 0 rings (SSSR count). The topological polar surface area (TPSA) is 56.1 Å². The van der Waals surface area contributed by atoms with E-state index in [-0.39, 0.29) is 5.76 Å². The van der Waals surface area contributed by atoms with Gasteiger partial charge in [0.25, 0.3) is 0 Å². The monoisotopic (exact) mass is 146 g/mol. The lowest BCUT2D eigenvalue weighted by Gasteiger charge is -1.93. The van der Waals surface area contributed by atoms with Crippen LogP contribution in [-0.2, 0) is 0 Å². The second kappa shape index (κ2) is 4.40. The Kier molecular flexibility index (Phi) is 4.17. The highest BCUT2D eigenvalue weighted by Crippen LogP contribution is 1.84. The molecule has 0 saturated heterocycles. The van der Waals surface area contributed by atoms with E-state index in [4.69, 9.17) is 10.5 Å². The third-order valence-corrected chi connectivity index (χ3v) is 0.811. The summed E-state index contributed by atoms with van der Waals surface area (Å²) in [7, 11) is 0. The fraction of sp³-hybridized carbons (Fsp3) is 0.400. The van der Waals surface area contributed by atoms with Crippen molar-refractivity contribution in [3.63, 3.8) is 0 Å². The molecule has 0 atom stereocenters. The van der Waals surface area contributed by atoms with Crippen LogP contribution in [0.25, 0.3) is 0 Å². The van der Waals surface area contributed by atoms with Crippen LogP contribution >= 0.6 is 12.8 Å². The number of hydrogen-bond donors (Lipinski definition) is 4. The van der Waals surface area contributed by atoms with E-state index in [1.807, 2.05) is 0 Å². The molecule has 0 saturated carbocycles. The molecule has 0 heterocycles. The van der Waals surface area contributed by atoms with E-state index in [2.05, 4.69) is 17.5 Å². The molecule has 0 fully saturated rings. The van der Waals surface area contributed by atoms with Crippen LogP contribution in [-0.4, -0.2) is 17.4 Å². The maximum Gasteiger partial charge on any atom is 0.0910 e. The lowest BCUT2D eigenvalue weighted by atomic mass is 10.3. The van der Waals surface area contributed by atoms with E-state index < -0.39 is 0 Å². The van der Waals surface area contributed by atoms with Crippen molar-refractivity contribution in [1.82, 2.24) is 4.72 Å². The van der Waals surface area contributed by atoms with Crippen LogP contribution in [0.3, 0.4) is 0 Å². The molecule has 0 amide bonds. The van der Waals surface area contributed by atoms with Crippen molar-refractivity contribution < 1.29 is 5.11 Å². The van der Waals surface area contributed by atoms with Crippen LogP contribution in [0.2, 0.25) is 0 Å². The molecule has 4 heteroatoms. The van der Waals surface area contributed by atoms with Gasteiger partial charge in [-0.1, -0.05) is 12.8 Å². The molecular formula is C5H10N2OS. The van der Waals surface area contributed by atoms with Gasteiger partial charge in [-0.05, 0) is 13.0 Å². The van der Waals surface area contributed by atoms with Crippen LogP contribution in [0.5, 0.6) is 0 Å². The maximum atomic E-state index is 8.62. The number of thiol groups is 1. The number of allylic oxidation sites excluding steroid dienone is 1. The van der Waals surface area contributed by atoms with Gasteiger partial charge in [-0.25, -0.2) is 0 Å². The summed E-state index contributed by atoms with van der Waals surface area (Å²) >= 11 is 3.68. The summed E-state index contributed by atoms with van der Waals surface area (Å²) in [5.74, 6) is 0.142. The molecule has 9 heavy (non-hydrogen) atoms. The van der Waals surface area contributed by atoms with E-state index in [0.29, 0.717) is 12.3 Å². The van der Waals surface area contributed by atoms with Crippen LogP contribution in [0.4, 0.5) is 0 Å². The van der Waals surface area contributed by atoms with Crippen molar-refractivity contribution >= 4 is 18.5 Å². The number of rotatable bonds is 3. The van der Waals surface area contributed by atoms with Crippen LogP contribution in [0.15, 0.2) is 11.8 Å². The summed E-state index contributed by atoms with van der Waals surface area (Å²) in [5.41, 5.74) is 0.310. The Morgan fingerprint density at radius 3 is 2.78 bits per heavy atom. The molecule has 0 aromatic heterocycles. The van der Waals surface area contributed by atoms with Crippen molar-refractivity contribution in [2.45, 2.75) is 6.92 Å². The molecule has 0 spiro atoms. The molecule has 0 bridgehead atoms. The van der Waals surface area contributed by atoms with Gasteiger partial charge >= 0.3 is 0 Å². The van der Waals surface area contributed by atoms with Gasteiger partial charge < -0.3 is 10.5 Å². The van der Waals surface area contributed by atoms with Gasteiger partial charge in [0.1, 0.15) is 0 Å². The number of hydrogen-bond acceptors (Lipinski definition) is 4. The molecule has 0 aromatic carbocycles. The van der Waals surface area contributed by atoms with Crippen LogP contribution in [0.1, 0.15) is 6.92 Å². The molecule has 52 valence electrons. The van der Waals surface area contributed by atoms with Crippen molar-refractivity contribution in [3.05, 3.63) is 11.8 Å². The summed E-state index contributed by atoms with van der Waals surface area (Å²) in [6, 6.07) is 0. The average molecular weight is 146 g/mol. The zero-order chi connectivity index (χ0) is 7.28. The minimum atomic E-state index is 0.142. The van der Waals surface area contributed by atoms with Gasteiger partial charge in [-0.2, -0.15) is 0 Å². The largest absolute Gasteiger partial charge is 0.513 e. The van der Waals surface area contributed by atoms with E-state index in [0.717, 1.165) is 0 Å². The predicted octanol–water partition coefficient (Wildman–Crippen LogP) is 0.902. The number of aliphatic hydroxyl groups excluding tert-OH is 1. The highest BCUT2D eigenvalue weighted by Gasteiger charge is 1.88. The second-order valence-corrected chi connectivity index (χ2v) is 1.96. The summed E-state index contributed by atoms with van der Waals surface area (Å²) in [6.45, 7) is 1.88. The maximum absolute atomic E-state index is 8.62. The van der Waals surface area contributed by atoms with Gasteiger partial charge in [0.2, 0.25) is 0 Å². The Morgan fingerprint density at radius 1 is 1.89 bits per heavy atom. The lowest BCUT2D eigenvalue weighted by Crippen LogP contribution is -2.11. The highest BCUT2D eigenvalue weighted by atomic mass is 32.1. The van der Waals surface area contributed by atoms with Crippen molar-refractivity contribution in [1.29, 1.82) is 5.41 Å². The smallest absolute Gasteiger partial charge is 0.0910 e. The minimum absolute atomic E-state index is 0.142. The fourth-order valence-corrected chi connectivity index (χ4v) is 0.559. The Morgan fingerprint density at radius 2 is 2.44 bits per heavy atom. The van der Waals surface area contributed by atoms with Gasteiger partial charge in [0, 0.05) is 12.3 Å². The first-order chi connectivity index (χ1) is 4.16. The molecule has 3 N–H and O–H groups in total. The van der Waals surface area contributed by atoms with E-state index in [1.54, 1.807) is 0 Å². The predicted molar refractivity (Wildman–Crippen MR) is 41.1 cm³/mol. The molecule has 0 aliphatic carbocycles. The van der Waals surface area contributed by atoms with E-state index >= 15 is 0 Å². The standard InChI is InChI=1S/C5H10N2OS/c1-4(8)2-5(6)3-7-9/h2,6-9H,3H2,1H3/b4-2-,6-5?. The summed E-state index contributed by atoms with van der Waals surface area (Å²) in [6.07, 6.45) is 1.36. The van der Waals surface area contributed by atoms with Crippen molar-refractivity contribution in [2.24, 2.45) is 0 Å². The van der Waals surface area contributed by atoms with E-state index in [9.17, 15) is 0 Å². The summed E-state index contributed by atoms with van der Waals surface area (Å²) in [5, 5.41) is 15.7. The molecule has 0 radical (unpaired) electrons. The van der Waals surface area contributed by atoms with Crippen molar-refractivity contribution in [3.8, 4) is 0 Å². The Hall–Kier alpha value is -0.480. The average Bonchev–Trinajstić information content (AvgIpc) is 1.63. The van der Waals surface area contributed by atoms with Gasteiger partial charge in [-0.3, -0.25) is 4.72 Å². The SMILES string of the molecule is C/C(O)=C/C(=N)CNS. The third kappa shape index (κ3) is 5.39. The Labute approximate surface area is 59.8 Å². The zero-order valence-electron chi connectivity index (χ0n) is 5.18. The molecule has 3 nitrogen and oxygen atoms in total. The third-order valence-electron chi connectivity index (χ3n) is 0.653. The first-order valence-corrected chi connectivity index (χ1v) is 2.93. The van der Waals surface area contributed by atoms with Gasteiger partial charge in [0.15, 0.2) is 0 Å². The first-order valence-electron chi connectivity index (χ1n) is 2.48. The van der Waals surface area contributed by atoms with Gasteiger partial charge in [0.05, 0.1) is 5.76 Å². The molecular weight excluding hydrogens is 136 g/mol. The Balaban J connectivity index is 3.63. The molecule has 0 aliphatic rings. The summed E-state index contributed by atoms with van der Waals surface area (Å²) in [4.78, 5) is 0. The minimum Gasteiger partial charge on any atom is -0.513 e. The van der Waals surface area contributed by atoms with Crippen molar-refractivity contribution in [2.75, 3.05) is 6.54 Å². The van der Waals surface area contributed by atoms with Crippen LogP contribution in [0, 0.1) is 5.41 Å². The molecule has 0 aromatic rings.